The number of aromatic nitrogens is 2. The van der Waals surface area contributed by atoms with Gasteiger partial charge >= 0.3 is 0 Å². The van der Waals surface area contributed by atoms with Crippen LogP contribution in [0.15, 0.2) is 41.5 Å². The molecule has 0 aliphatic carbocycles. The van der Waals surface area contributed by atoms with Crippen molar-refractivity contribution in [1.29, 1.82) is 0 Å². The van der Waals surface area contributed by atoms with Crippen molar-refractivity contribution in [3.8, 4) is 0 Å². The van der Waals surface area contributed by atoms with Crippen LogP contribution in [0.1, 0.15) is 34.1 Å². The molecule has 0 radical (unpaired) electrons. The molecule has 0 saturated carbocycles. The van der Waals surface area contributed by atoms with E-state index in [1.165, 1.54) is 24.6 Å². The first-order valence-electron chi connectivity index (χ1n) is 9.02. The third-order valence-corrected chi connectivity index (χ3v) is 5.53. The number of rotatable bonds is 7. The van der Waals surface area contributed by atoms with Crippen LogP contribution >= 0.6 is 11.3 Å². The molecule has 0 aliphatic rings. The fourth-order valence-corrected chi connectivity index (χ4v) is 3.96. The van der Waals surface area contributed by atoms with E-state index >= 15 is 0 Å². The second-order valence-corrected chi connectivity index (χ2v) is 7.49. The number of nitrogens with one attached hydrogen (secondary N) is 2. The van der Waals surface area contributed by atoms with Gasteiger partial charge in [0.2, 0.25) is 5.91 Å². The van der Waals surface area contributed by atoms with E-state index in [9.17, 15) is 14.4 Å². The molecule has 2 heterocycles. The summed E-state index contributed by atoms with van der Waals surface area (Å²) in [4.78, 5) is 41.7. The van der Waals surface area contributed by atoms with Crippen molar-refractivity contribution in [2.24, 2.45) is 0 Å². The second kappa shape index (κ2) is 8.79. The van der Waals surface area contributed by atoms with Crippen molar-refractivity contribution in [3.05, 3.63) is 63.0 Å². The Morgan fingerprint density at radius 1 is 1.14 bits per heavy atom. The minimum atomic E-state index is -0.225. The number of amides is 2. The third kappa shape index (κ3) is 4.45. The lowest BCUT2D eigenvalue weighted by atomic mass is 10.2. The van der Waals surface area contributed by atoms with Gasteiger partial charge in [-0.2, -0.15) is 0 Å². The monoisotopic (exact) mass is 398 g/mol. The van der Waals surface area contributed by atoms with Crippen molar-refractivity contribution in [1.82, 2.24) is 20.2 Å². The number of hydrogen-bond acceptors (Lipinski definition) is 5. The van der Waals surface area contributed by atoms with E-state index in [1.807, 2.05) is 30.3 Å². The highest BCUT2D eigenvalue weighted by Crippen LogP contribution is 2.26. The minimum absolute atomic E-state index is 0.0930. The van der Waals surface area contributed by atoms with Crippen LogP contribution in [0.3, 0.4) is 0 Å². The topological polar surface area (TPSA) is 93.1 Å². The standard InChI is InChI=1S/C20H22N4O3S/c1-13-16-19(28-17(13)18(26)22-10-6-9-21-14(2)25)23-12-24(20(16)27)11-15-7-4-3-5-8-15/h3-5,7-8,12H,6,9-11H2,1-2H3,(H,21,25)(H,22,26). The molecule has 0 spiro atoms. The highest BCUT2D eigenvalue weighted by Gasteiger charge is 2.19. The van der Waals surface area contributed by atoms with Crippen molar-refractivity contribution >= 4 is 33.4 Å². The molecule has 1 aromatic carbocycles. The Kier molecular flexibility index (Phi) is 6.20. The molecule has 7 nitrogen and oxygen atoms in total. The van der Waals surface area contributed by atoms with Crippen molar-refractivity contribution in [2.75, 3.05) is 13.1 Å². The van der Waals surface area contributed by atoms with Crippen LogP contribution in [0.4, 0.5) is 0 Å². The summed E-state index contributed by atoms with van der Waals surface area (Å²) in [5.74, 6) is -0.318. The van der Waals surface area contributed by atoms with Crippen molar-refractivity contribution in [3.63, 3.8) is 0 Å². The Labute approximate surface area is 166 Å². The Balaban J connectivity index is 1.77. The van der Waals surface area contributed by atoms with Gasteiger partial charge in [-0.25, -0.2) is 4.98 Å². The van der Waals surface area contributed by atoms with Gasteiger partial charge in [0.15, 0.2) is 0 Å². The summed E-state index contributed by atoms with van der Waals surface area (Å²) in [6, 6.07) is 9.69. The SMILES string of the molecule is CC(=O)NCCCNC(=O)c1sc2ncn(Cc3ccccc3)c(=O)c2c1C. The van der Waals surface area contributed by atoms with E-state index < -0.39 is 0 Å². The van der Waals surface area contributed by atoms with E-state index in [-0.39, 0.29) is 17.4 Å². The first kappa shape index (κ1) is 19.8. The zero-order valence-electron chi connectivity index (χ0n) is 15.8. The Morgan fingerprint density at radius 2 is 1.86 bits per heavy atom. The van der Waals surface area contributed by atoms with Crippen LogP contribution in [0.2, 0.25) is 0 Å². The molecule has 3 aromatic rings. The minimum Gasteiger partial charge on any atom is -0.356 e. The second-order valence-electron chi connectivity index (χ2n) is 6.49. The molecule has 0 unspecified atom stereocenters. The maximum absolute atomic E-state index is 12.9. The smallest absolute Gasteiger partial charge is 0.262 e. The molecule has 0 saturated heterocycles. The van der Waals surface area contributed by atoms with E-state index in [4.69, 9.17) is 0 Å². The lowest BCUT2D eigenvalue weighted by Crippen LogP contribution is -2.28. The molecule has 8 heteroatoms. The quantitative estimate of drug-likeness (QED) is 0.596. The van der Waals surface area contributed by atoms with E-state index in [2.05, 4.69) is 15.6 Å². The fourth-order valence-electron chi connectivity index (χ4n) is 2.90. The molecule has 28 heavy (non-hydrogen) atoms. The molecule has 3 rings (SSSR count). The summed E-state index contributed by atoms with van der Waals surface area (Å²) in [5.41, 5.74) is 1.52. The van der Waals surface area contributed by atoms with Crippen LogP contribution in [-0.4, -0.2) is 34.5 Å². The number of benzene rings is 1. The van der Waals surface area contributed by atoms with E-state index in [0.29, 0.717) is 46.7 Å². The largest absolute Gasteiger partial charge is 0.356 e. The summed E-state index contributed by atoms with van der Waals surface area (Å²) in [7, 11) is 0. The molecule has 0 bridgehead atoms. The molecular formula is C20H22N4O3S. The maximum atomic E-state index is 12.9. The summed E-state index contributed by atoms with van der Waals surface area (Å²) in [6.45, 7) is 4.62. The molecule has 2 amide bonds. The molecule has 0 aliphatic heterocycles. The van der Waals surface area contributed by atoms with Crippen LogP contribution in [0.25, 0.3) is 10.2 Å². The molecular weight excluding hydrogens is 376 g/mol. The Hall–Kier alpha value is -3.00. The number of carbonyl (C=O) groups is 2. The molecule has 0 fully saturated rings. The number of carbonyl (C=O) groups excluding carboxylic acids is 2. The van der Waals surface area contributed by atoms with E-state index in [0.717, 1.165) is 5.56 Å². The van der Waals surface area contributed by atoms with Crippen molar-refractivity contribution < 1.29 is 9.59 Å². The zero-order chi connectivity index (χ0) is 20.1. The highest BCUT2D eigenvalue weighted by atomic mass is 32.1. The molecule has 2 aromatic heterocycles. The van der Waals surface area contributed by atoms with Crippen LogP contribution in [0.5, 0.6) is 0 Å². The molecule has 0 atom stereocenters. The van der Waals surface area contributed by atoms with Gasteiger partial charge in [-0.1, -0.05) is 30.3 Å². The van der Waals surface area contributed by atoms with Crippen LogP contribution < -0.4 is 16.2 Å². The Bertz CT molecular complexity index is 1060. The first-order valence-corrected chi connectivity index (χ1v) is 9.84. The number of fused-ring (bicyclic) bond motifs is 1. The maximum Gasteiger partial charge on any atom is 0.262 e. The summed E-state index contributed by atoms with van der Waals surface area (Å²) < 4.78 is 1.56. The molecule has 146 valence electrons. The van der Waals surface area contributed by atoms with Crippen molar-refractivity contribution in [2.45, 2.75) is 26.8 Å². The van der Waals surface area contributed by atoms with Gasteiger partial charge in [0.05, 0.1) is 23.1 Å². The summed E-state index contributed by atoms with van der Waals surface area (Å²) >= 11 is 1.22. The van der Waals surface area contributed by atoms with Gasteiger partial charge in [-0.05, 0) is 24.5 Å². The average molecular weight is 398 g/mol. The predicted molar refractivity (Wildman–Crippen MR) is 110 cm³/mol. The number of hydrogen-bond donors (Lipinski definition) is 2. The van der Waals surface area contributed by atoms with Gasteiger partial charge in [0, 0.05) is 20.0 Å². The van der Waals surface area contributed by atoms with Gasteiger partial charge in [-0.15, -0.1) is 11.3 Å². The number of nitrogens with zero attached hydrogens (tertiary/aromatic N) is 2. The summed E-state index contributed by atoms with van der Waals surface area (Å²) in [5, 5.41) is 6.01. The zero-order valence-corrected chi connectivity index (χ0v) is 16.6. The first-order chi connectivity index (χ1) is 13.5. The third-order valence-electron chi connectivity index (χ3n) is 4.33. The lowest BCUT2D eigenvalue weighted by molar-refractivity contribution is -0.118. The van der Waals surface area contributed by atoms with Gasteiger partial charge in [-0.3, -0.25) is 19.0 Å². The average Bonchev–Trinajstić information content (AvgIpc) is 3.01. The summed E-state index contributed by atoms with van der Waals surface area (Å²) in [6.07, 6.45) is 2.17. The van der Waals surface area contributed by atoms with Crippen LogP contribution in [0, 0.1) is 6.92 Å². The number of thiophene rings is 1. The fraction of sp³-hybridized carbons (Fsp3) is 0.300. The van der Waals surface area contributed by atoms with E-state index in [1.54, 1.807) is 11.5 Å². The van der Waals surface area contributed by atoms with Gasteiger partial charge in [0.1, 0.15) is 4.83 Å². The van der Waals surface area contributed by atoms with Gasteiger partial charge < -0.3 is 10.6 Å². The predicted octanol–water partition coefficient (Wildman–Crippen LogP) is 2.07. The van der Waals surface area contributed by atoms with Gasteiger partial charge in [0.25, 0.3) is 11.5 Å². The van der Waals surface area contributed by atoms with Crippen LogP contribution in [-0.2, 0) is 11.3 Å². The highest BCUT2D eigenvalue weighted by molar-refractivity contribution is 7.20. The Morgan fingerprint density at radius 3 is 2.57 bits per heavy atom. The molecule has 2 N–H and O–H groups in total. The normalized spacial score (nSPS) is 10.8. The number of aryl methyl sites for hydroxylation is 1. The lowest BCUT2D eigenvalue weighted by Gasteiger charge is -2.06.